The van der Waals surface area contributed by atoms with Gasteiger partial charge in [0.2, 0.25) is 11.9 Å². The number of alkyl carbamates (subject to hydrolysis) is 2. The first-order valence-corrected chi connectivity index (χ1v) is 16.0. The first-order valence-electron chi connectivity index (χ1n) is 16.0. The zero-order valence-electron chi connectivity index (χ0n) is 28.2. The summed E-state index contributed by atoms with van der Waals surface area (Å²) in [7, 11) is 0. The third-order valence-electron chi connectivity index (χ3n) is 7.26. The third-order valence-corrected chi connectivity index (χ3v) is 7.26. The van der Waals surface area contributed by atoms with Gasteiger partial charge in [0.05, 0.1) is 12.9 Å². The molecule has 0 saturated heterocycles. The number of ether oxygens (including phenoxy) is 4. The minimum absolute atomic E-state index is 0.00560. The fourth-order valence-corrected chi connectivity index (χ4v) is 4.57. The van der Waals surface area contributed by atoms with Crippen LogP contribution in [0.1, 0.15) is 38.8 Å². The number of amides is 3. The van der Waals surface area contributed by atoms with Gasteiger partial charge in [-0.1, -0.05) is 88.4 Å². The molecule has 266 valence electrons. The summed E-state index contributed by atoms with van der Waals surface area (Å²) >= 11 is 0. The molecular formula is C34H41N7O9. The van der Waals surface area contributed by atoms with Crippen molar-refractivity contribution in [1.29, 1.82) is 0 Å². The number of anilines is 1. The molecule has 0 unspecified atom stereocenters. The molecule has 3 amide bonds. The summed E-state index contributed by atoms with van der Waals surface area (Å²) in [4.78, 5) is 74.1. The van der Waals surface area contributed by atoms with Crippen LogP contribution in [0, 0.1) is 11.8 Å². The number of aromatic amines is 1. The SMILES string of the molecule is CC(C)[C@H](NC(=O)OCc1ccccc1)C(=O)Nc1nc2c(ncn2COCCOC(=O)[C@@H](NC(=O)OCc2ccccc2)C(C)C)c(=O)[nH]1. The highest BCUT2D eigenvalue weighted by Gasteiger charge is 2.27. The molecule has 0 spiro atoms. The zero-order chi connectivity index (χ0) is 36.0. The lowest BCUT2D eigenvalue weighted by atomic mass is 10.0. The Kier molecular flexibility index (Phi) is 13.4. The first-order chi connectivity index (χ1) is 24.0. The molecular weight excluding hydrogens is 650 g/mol. The number of nitrogens with one attached hydrogen (secondary N) is 4. The second-order valence-electron chi connectivity index (χ2n) is 11.9. The van der Waals surface area contributed by atoms with E-state index in [1.807, 2.05) is 48.5 Å². The summed E-state index contributed by atoms with van der Waals surface area (Å²) in [6.45, 7) is 6.83. The van der Waals surface area contributed by atoms with Crippen molar-refractivity contribution in [3.05, 3.63) is 88.5 Å². The van der Waals surface area contributed by atoms with Crippen LogP contribution in [-0.2, 0) is 48.5 Å². The number of fused-ring (bicyclic) bond motifs is 1. The average molecular weight is 692 g/mol. The van der Waals surface area contributed by atoms with Gasteiger partial charge < -0.3 is 29.6 Å². The van der Waals surface area contributed by atoms with Crippen molar-refractivity contribution in [2.75, 3.05) is 18.5 Å². The number of hydrogen-bond acceptors (Lipinski definition) is 11. The largest absolute Gasteiger partial charge is 0.462 e. The molecule has 0 radical (unpaired) electrons. The fraction of sp³-hybridized carbons (Fsp3) is 0.382. The smallest absolute Gasteiger partial charge is 0.408 e. The number of hydrogen-bond donors (Lipinski definition) is 4. The summed E-state index contributed by atoms with van der Waals surface area (Å²) in [5, 5.41) is 7.63. The van der Waals surface area contributed by atoms with Gasteiger partial charge in [0, 0.05) is 0 Å². The number of imidazole rings is 1. The number of carbonyl (C=O) groups excluding carboxylic acids is 4. The standard InChI is InChI=1S/C34H41N7O9/c1-21(2)25(36-33(45)49-17-23-11-7-5-8-12-23)29(42)39-32-38-28-27(30(43)40-32)35-19-41(28)20-47-15-16-48-31(44)26(22(3)4)37-34(46)50-18-24-13-9-6-10-14-24/h5-14,19,21-22,25-26H,15-18,20H2,1-4H3,(H,36,45)(H,37,46)(H2,38,39,40,42,43)/t25-,26-/m0/s1. The maximum absolute atomic E-state index is 13.1. The number of carbonyl (C=O) groups is 4. The van der Waals surface area contributed by atoms with E-state index in [1.165, 1.54) is 10.9 Å². The third kappa shape index (κ3) is 10.9. The Balaban J connectivity index is 1.26. The Morgan fingerprint density at radius 3 is 1.90 bits per heavy atom. The molecule has 16 nitrogen and oxygen atoms in total. The summed E-state index contributed by atoms with van der Waals surface area (Å²) in [5.74, 6) is -2.04. The fourth-order valence-electron chi connectivity index (χ4n) is 4.57. The average Bonchev–Trinajstić information content (AvgIpc) is 3.51. The summed E-state index contributed by atoms with van der Waals surface area (Å²) in [6.07, 6.45) is -0.188. The quantitative estimate of drug-likeness (QED) is 0.0761. The Bertz CT molecular complexity index is 1790. The molecule has 16 heteroatoms. The Morgan fingerprint density at radius 1 is 0.780 bits per heavy atom. The van der Waals surface area contributed by atoms with Gasteiger partial charge >= 0.3 is 18.2 Å². The van der Waals surface area contributed by atoms with Gasteiger partial charge in [-0.15, -0.1) is 0 Å². The van der Waals surface area contributed by atoms with Crippen molar-refractivity contribution in [1.82, 2.24) is 30.2 Å². The van der Waals surface area contributed by atoms with Gasteiger partial charge in [-0.25, -0.2) is 19.4 Å². The molecule has 4 rings (SSSR count). The molecule has 0 aliphatic heterocycles. The molecule has 0 saturated carbocycles. The van der Waals surface area contributed by atoms with E-state index in [0.717, 1.165) is 11.1 Å². The van der Waals surface area contributed by atoms with Crippen LogP contribution < -0.4 is 21.5 Å². The van der Waals surface area contributed by atoms with E-state index in [-0.39, 0.29) is 62.1 Å². The van der Waals surface area contributed by atoms with Crippen LogP contribution in [0.3, 0.4) is 0 Å². The van der Waals surface area contributed by atoms with E-state index < -0.39 is 41.7 Å². The topological polar surface area (TPSA) is 205 Å². The number of benzene rings is 2. The van der Waals surface area contributed by atoms with Gasteiger partial charge in [0.25, 0.3) is 5.56 Å². The van der Waals surface area contributed by atoms with E-state index in [9.17, 15) is 24.0 Å². The maximum atomic E-state index is 13.1. The lowest BCUT2D eigenvalue weighted by molar-refractivity contribution is -0.149. The molecule has 0 fully saturated rings. The van der Waals surface area contributed by atoms with Gasteiger partial charge in [0.15, 0.2) is 11.2 Å². The van der Waals surface area contributed by atoms with Crippen molar-refractivity contribution in [2.45, 2.75) is 59.7 Å². The first kappa shape index (κ1) is 37.1. The highest BCUT2D eigenvalue weighted by molar-refractivity contribution is 5.95. The van der Waals surface area contributed by atoms with E-state index in [4.69, 9.17) is 18.9 Å². The highest BCUT2D eigenvalue weighted by Crippen LogP contribution is 2.11. The Labute approximate surface area is 287 Å². The molecule has 0 aliphatic rings. The molecule has 2 atom stereocenters. The van der Waals surface area contributed by atoms with Crippen molar-refractivity contribution < 1.29 is 38.1 Å². The number of nitrogens with zero attached hydrogens (tertiary/aromatic N) is 3. The van der Waals surface area contributed by atoms with Crippen molar-refractivity contribution >= 4 is 41.2 Å². The summed E-state index contributed by atoms with van der Waals surface area (Å²) in [5.41, 5.74) is 1.11. The van der Waals surface area contributed by atoms with E-state index in [0.29, 0.717) is 0 Å². The van der Waals surface area contributed by atoms with Crippen LogP contribution in [0.4, 0.5) is 15.5 Å². The van der Waals surface area contributed by atoms with Crippen LogP contribution in [-0.4, -0.2) is 68.9 Å². The van der Waals surface area contributed by atoms with E-state index in [2.05, 4.69) is 30.9 Å². The highest BCUT2D eigenvalue weighted by atomic mass is 16.6. The lowest BCUT2D eigenvalue weighted by Gasteiger charge is -2.21. The number of rotatable bonds is 16. The summed E-state index contributed by atoms with van der Waals surface area (Å²) < 4.78 is 22.8. The minimum Gasteiger partial charge on any atom is -0.462 e. The molecule has 2 aromatic carbocycles. The predicted molar refractivity (Wildman–Crippen MR) is 180 cm³/mol. The van der Waals surface area contributed by atoms with Crippen molar-refractivity contribution in [3.63, 3.8) is 0 Å². The molecule has 50 heavy (non-hydrogen) atoms. The zero-order valence-corrected chi connectivity index (χ0v) is 28.2. The van der Waals surface area contributed by atoms with E-state index in [1.54, 1.807) is 39.8 Å². The van der Waals surface area contributed by atoms with Crippen LogP contribution >= 0.6 is 0 Å². The second-order valence-corrected chi connectivity index (χ2v) is 11.9. The normalized spacial score (nSPS) is 12.3. The van der Waals surface area contributed by atoms with Crippen LogP contribution in [0.5, 0.6) is 0 Å². The summed E-state index contributed by atoms with van der Waals surface area (Å²) in [6, 6.07) is 16.3. The van der Waals surface area contributed by atoms with Gasteiger partial charge in [-0.05, 0) is 23.0 Å². The van der Waals surface area contributed by atoms with Gasteiger partial charge in [0.1, 0.15) is 38.6 Å². The van der Waals surface area contributed by atoms with Gasteiger partial charge in [-0.2, -0.15) is 4.98 Å². The van der Waals surface area contributed by atoms with E-state index >= 15 is 0 Å². The Hall–Kier alpha value is -5.77. The monoisotopic (exact) mass is 691 g/mol. The van der Waals surface area contributed by atoms with Crippen molar-refractivity contribution in [3.8, 4) is 0 Å². The molecule has 4 aromatic rings. The van der Waals surface area contributed by atoms with Crippen LogP contribution in [0.25, 0.3) is 11.2 Å². The van der Waals surface area contributed by atoms with Crippen LogP contribution in [0.2, 0.25) is 0 Å². The van der Waals surface area contributed by atoms with Crippen molar-refractivity contribution in [2.24, 2.45) is 11.8 Å². The number of aromatic nitrogens is 4. The number of esters is 1. The lowest BCUT2D eigenvalue weighted by Crippen LogP contribution is -2.47. The molecule has 2 heterocycles. The molecule has 0 aliphatic carbocycles. The van der Waals surface area contributed by atoms with Gasteiger partial charge in [-0.3, -0.25) is 24.5 Å². The van der Waals surface area contributed by atoms with Crippen LogP contribution in [0.15, 0.2) is 71.8 Å². The second kappa shape index (κ2) is 18.1. The molecule has 2 aromatic heterocycles. The molecule has 0 bridgehead atoms. The molecule has 4 N–H and O–H groups in total. The predicted octanol–water partition coefficient (Wildman–Crippen LogP) is 3.48. The number of H-pyrrole nitrogens is 1. The minimum atomic E-state index is -0.999. The Morgan fingerprint density at radius 2 is 1.34 bits per heavy atom. The maximum Gasteiger partial charge on any atom is 0.408 e.